The summed E-state index contributed by atoms with van der Waals surface area (Å²) in [5, 5.41) is 3.37. The van der Waals surface area contributed by atoms with Crippen LogP contribution in [0.2, 0.25) is 0 Å². The molecule has 0 aliphatic heterocycles. The molecule has 1 aromatic heterocycles. The van der Waals surface area contributed by atoms with Gasteiger partial charge >= 0.3 is 0 Å². The quantitative estimate of drug-likeness (QED) is 0.706. The van der Waals surface area contributed by atoms with Crippen molar-refractivity contribution < 1.29 is 4.74 Å². The topological polar surface area (TPSA) is 39.1 Å². The molecule has 4 nitrogen and oxygen atoms in total. The maximum absolute atomic E-state index is 5.58. The largest absolute Gasteiger partial charge is 0.379 e. The van der Waals surface area contributed by atoms with Crippen molar-refractivity contribution >= 4 is 0 Å². The molecule has 0 saturated carbocycles. The van der Waals surface area contributed by atoms with Crippen molar-refractivity contribution in [3.8, 4) is 0 Å². The molecule has 0 unspecified atom stereocenters. The van der Waals surface area contributed by atoms with Crippen molar-refractivity contribution in [3.05, 3.63) is 18.2 Å². The van der Waals surface area contributed by atoms with Gasteiger partial charge in [0.1, 0.15) is 5.82 Å². The van der Waals surface area contributed by atoms with Crippen LogP contribution in [0.15, 0.2) is 12.4 Å². The first-order valence-corrected chi connectivity index (χ1v) is 6.40. The Labute approximate surface area is 104 Å². The van der Waals surface area contributed by atoms with E-state index in [1.165, 1.54) is 0 Å². The highest BCUT2D eigenvalue weighted by Crippen LogP contribution is 1.99. The zero-order valence-corrected chi connectivity index (χ0v) is 11.4. The number of hydrogen-bond acceptors (Lipinski definition) is 3. The first-order chi connectivity index (χ1) is 8.09. The summed E-state index contributed by atoms with van der Waals surface area (Å²) < 4.78 is 7.73. The molecule has 0 spiro atoms. The number of hydrogen-bond donors (Lipinski definition) is 1. The molecule has 17 heavy (non-hydrogen) atoms. The van der Waals surface area contributed by atoms with E-state index in [4.69, 9.17) is 4.74 Å². The summed E-state index contributed by atoms with van der Waals surface area (Å²) in [5.74, 6) is 1.67. The standard InChI is InChI=1S/C13H25N3O/c1-11(2)10-17-8-7-16-6-5-14-13(16)9-15-12(3)4/h5-6,11-12,15H,7-10H2,1-4H3. The molecule has 0 amide bonds. The maximum Gasteiger partial charge on any atom is 0.122 e. The minimum Gasteiger partial charge on any atom is -0.379 e. The third-order valence-electron chi connectivity index (χ3n) is 2.40. The van der Waals surface area contributed by atoms with Gasteiger partial charge < -0.3 is 14.6 Å². The van der Waals surface area contributed by atoms with Crippen LogP contribution in [0, 0.1) is 5.92 Å². The van der Waals surface area contributed by atoms with E-state index < -0.39 is 0 Å². The van der Waals surface area contributed by atoms with Crippen LogP contribution in [0.25, 0.3) is 0 Å². The zero-order chi connectivity index (χ0) is 12.7. The minimum absolute atomic E-state index is 0.484. The maximum atomic E-state index is 5.58. The Balaban J connectivity index is 2.30. The highest BCUT2D eigenvalue weighted by Gasteiger charge is 2.03. The molecule has 0 radical (unpaired) electrons. The third-order valence-corrected chi connectivity index (χ3v) is 2.40. The smallest absolute Gasteiger partial charge is 0.122 e. The number of nitrogens with zero attached hydrogens (tertiary/aromatic N) is 2. The van der Waals surface area contributed by atoms with Crippen molar-refractivity contribution in [1.29, 1.82) is 0 Å². The number of imidazole rings is 1. The fourth-order valence-electron chi connectivity index (χ4n) is 1.49. The van der Waals surface area contributed by atoms with Gasteiger partial charge in [-0.3, -0.25) is 0 Å². The molecular weight excluding hydrogens is 214 g/mol. The number of aromatic nitrogens is 2. The summed E-state index contributed by atoms with van der Waals surface area (Å²) in [6.45, 7) is 11.9. The van der Waals surface area contributed by atoms with Gasteiger partial charge in [0.2, 0.25) is 0 Å². The first kappa shape index (κ1) is 14.2. The van der Waals surface area contributed by atoms with Crippen LogP contribution in [-0.2, 0) is 17.8 Å². The van der Waals surface area contributed by atoms with Crippen LogP contribution in [0.5, 0.6) is 0 Å². The predicted octanol–water partition coefficient (Wildman–Crippen LogP) is 2.05. The molecule has 0 aliphatic carbocycles. The minimum atomic E-state index is 0.484. The Morgan fingerprint density at radius 3 is 2.76 bits per heavy atom. The van der Waals surface area contributed by atoms with Crippen LogP contribution in [0.4, 0.5) is 0 Å². The Bertz CT molecular complexity index is 307. The van der Waals surface area contributed by atoms with Gasteiger partial charge in [-0.25, -0.2) is 4.98 Å². The van der Waals surface area contributed by atoms with E-state index in [0.29, 0.717) is 12.0 Å². The van der Waals surface area contributed by atoms with Gasteiger partial charge in [-0.15, -0.1) is 0 Å². The third kappa shape index (κ3) is 5.84. The van der Waals surface area contributed by atoms with E-state index >= 15 is 0 Å². The van der Waals surface area contributed by atoms with E-state index in [0.717, 1.165) is 32.1 Å². The summed E-state index contributed by atoms with van der Waals surface area (Å²) in [4.78, 5) is 4.35. The second kappa shape index (κ2) is 7.45. The SMILES string of the molecule is CC(C)COCCn1ccnc1CNC(C)C. The first-order valence-electron chi connectivity index (χ1n) is 6.40. The van der Waals surface area contributed by atoms with E-state index in [9.17, 15) is 0 Å². The predicted molar refractivity (Wildman–Crippen MR) is 69.9 cm³/mol. The lowest BCUT2D eigenvalue weighted by Crippen LogP contribution is -2.24. The van der Waals surface area contributed by atoms with Crippen LogP contribution in [0.3, 0.4) is 0 Å². The van der Waals surface area contributed by atoms with Gasteiger partial charge in [0.05, 0.1) is 13.2 Å². The van der Waals surface area contributed by atoms with E-state index in [2.05, 4.69) is 42.6 Å². The molecule has 1 rings (SSSR count). The Kier molecular flexibility index (Phi) is 6.22. The molecule has 98 valence electrons. The summed E-state index contributed by atoms with van der Waals surface area (Å²) in [6.07, 6.45) is 3.86. The molecule has 0 atom stereocenters. The summed E-state index contributed by atoms with van der Waals surface area (Å²) >= 11 is 0. The van der Waals surface area contributed by atoms with Crippen molar-refractivity contribution in [2.24, 2.45) is 5.92 Å². The van der Waals surface area contributed by atoms with Gasteiger partial charge in [0.15, 0.2) is 0 Å². The van der Waals surface area contributed by atoms with Crippen LogP contribution >= 0.6 is 0 Å². The van der Waals surface area contributed by atoms with Crippen molar-refractivity contribution in [2.45, 2.75) is 46.8 Å². The second-order valence-electron chi connectivity index (χ2n) is 5.04. The molecule has 0 aromatic carbocycles. The van der Waals surface area contributed by atoms with E-state index in [1.54, 1.807) is 0 Å². The molecule has 4 heteroatoms. The van der Waals surface area contributed by atoms with Gasteiger partial charge in [0, 0.05) is 31.6 Å². The molecule has 0 bridgehead atoms. The summed E-state index contributed by atoms with van der Waals surface area (Å²) in [7, 11) is 0. The molecule has 0 saturated heterocycles. The van der Waals surface area contributed by atoms with Gasteiger partial charge in [-0.05, 0) is 5.92 Å². The van der Waals surface area contributed by atoms with Crippen molar-refractivity contribution in [3.63, 3.8) is 0 Å². The average Bonchev–Trinajstić information content (AvgIpc) is 2.68. The molecule has 1 aromatic rings. The fourth-order valence-corrected chi connectivity index (χ4v) is 1.49. The van der Waals surface area contributed by atoms with Crippen LogP contribution in [-0.4, -0.2) is 28.8 Å². The lowest BCUT2D eigenvalue weighted by Gasteiger charge is -2.11. The van der Waals surface area contributed by atoms with E-state index in [-0.39, 0.29) is 0 Å². The number of ether oxygens (including phenoxy) is 1. The van der Waals surface area contributed by atoms with Crippen LogP contribution < -0.4 is 5.32 Å². The second-order valence-corrected chi connectivity index (χ2v) is 5.04. The zero-order valence-electron chi connectivity index (χ0n) is 11.4. The molecular formula is C13H25N3O. The average molecular weight is 239 g/mol. The number of rotatable bonds is 8. The highest BCUT2D eigenvalue weighted by atomic mass is 16.5. The number of nitrogens with one attached hydrogen (secondary N) is 1. The molecule has 0 aliphatic rings. The van der Waals surface area contributed by atoms with Crippen molar-refractivity contribution in [1.82, 2.24) is 14.9 Å². The highest BCUT2D eigenvalue weighted by molar-refractivity contribution is 4.92. The normalized spacial score (nSPS) is 11.6. The Hall–Kier alpha value is -0.870. The van der Waals surface area contributed by atoms with Crippen molar-refractivity contribution in [2.75, 3.05) is 13.2 Å². The lowest BCUT2D eigenvalue weighted by molar-refractivity contribution is 0.102. The Morgan fingerprint density at radius 1 is 1.35 bits per heavy atom. The monoisotopic (exact) mass is 239 g/mol. The lowest BCUT2D eigenvalue weighted by atomic mass is 10.2. The molecule has 1 N–H and O–H groups in total. The fraction of sp³-hybridized carbons (Fsp3) is 0.769. The van der Waals surface area contributed by atoms with Gasteiger partial charge in [-0.2, -0.15) is 0 Å². The van der Waals surface area contributed by atoms with Gasteiger partial charge in [-0.1, -0.05) is 27.7 Å². The summed E-state index contributed by atoms with van der Waals surface area (Å²) in [5.41, 5.74) is 0. The van der Waals surface area contributed by atoms with Gasteiger partial charge in [0.25, 0.3) is 0 Å². The summed E-state index contributed by atoms with van der Waals surface area (Å²) in [6, 6.07) is 0.484. The Morgan fingerprint density at radius 2 is 2.12 bits per heavy atom. The molecule has 1 heterocycles. The molecule has 0 fully saturated rings. The van der Waals surface area contributed by atoms with Crippen LogP contribution in [0.1, 0.15) is 33.5 Å². The van der Waals surface area contributed by atoms with E-state index in [1.807, 2.05) is 12.4 Å².